The largest absolute Gasteiger partial charge is 0.416 e. The van der Waals surface area contributed by atoms with Crippen molar-refractivity contribution in [1.82, 2.24) is 16.0 Å². The second-order valence-electron chi connectivity index (χ2n) is 5.34. The molecule has 0 aliphatic rings. The third-order valence-electron chi connectivity index (χ3n) is 3.22. The number of hydrogen-bond acceptors (Lipinski definition) is 2. The highest BCUT2D eigenvalue weighted by atomic mass is 19.4. The molecule has 0 fully saturated rings. The number of carbonyl (C=O) groups excluding carboxylic acids is 2. The van der Waals surface area contributed by atoms with E-state index in [9.17, 15) is 22.8 Å². The maximum atomic E-state index is 12.6. The van der Waals surface area contributed by atoms with Gasteiger partial charge in [-0.25, -0.2) is 4.79 Å². The molecule has 0 aliphatic carbocycles. The Balaban J connectivity index is 2.79. The van der Waals surface area contributed by atoms with Crippen molar-refractivity contribution in [2.45, 2.75) is 26.1 Å². The highest BCUT2D eigenvalue weighted by Crippen LogP contribution is 2.31. The molecule has 1 rings (SSSR count). The molecule has 3 N–H and O–H groups in total. The van der Waals surface area contributed by atoms with Crippen LogP contribution in [0.3, 0.4) is 0 Å². The highest BCUT2D eigenvalue weighted by molar-refractivity contribution is 5.84. The number of alkyl halides is 3. The molecule has 0 saturated heterocycles. The molecule has 0 aromatic heterocycles. The summed E-state index contributed by atoms with van der Waals surface area (Å²) in [5.74, 6) is -0.456. The Bertz CT molecular complexity index is 542. The fourth-order valence-electron chi connectivity index (χ4n) is 1.99. The van der Waals surface area contributed by atoms with Crippen molar-refractivity contribution < 1.29 is 22.8 Å². The van der Waals surface area contributed by atoms with Gasteiger partial charge in [0, 0.05) is 7.05 Å². The zero-order valence-electron chi connectivity index (χ0n) is 13.1. The summed E-state index contributed by atoms with van der Waals surface area (Å²) in [6.07, 6.45) is -4.40. The van der Waals surface area contributed by atoms with Crippen LogP contribution in [0.15, 0.2) is 24.3 Å². The van der Waals surface area contributed by atoms with Crippen LogP contribution in [0.2, 0.25) is 0 Å². The van der Waals surface area contributed by atoms with Crippen LogP contribution in [-0.4, -0.2) is 25.5 Å². The minimum atomic E-state index is -4.40. The number of nitrogens with one attached hydrogen (secondary N) is 3. The first kappa shape index (κ1) is 18.8. The molecule has 0 heterocycles. The van der Waals surface area contributed by atoms with Crippen LogP contribution >= 0.6 is 0 Å². The first-order chi connectivity index (χ1) is 10.6. The smallest absolute Gasteiger partial charge is 0.348 e. The Hall–Kier alpha value is -2.25. The predicted octanol–water partition coefficient (Wildman–Crippen LogP) is 2.45. The third kappa shape index (κ3) is 5.80. The van der Waals surface area contributed by atoms with Crippen LogP contribution in [0.25, 0.3) is 0 Å². The van der Waals surface area contributed by atoms with Crippen LogP contribution in [0.4, 0.5) is 18.0 Å². The molecule has 1 aromatic carbocycles. The molecule has 1 atom stereocenters. The van der Waals surface area contributed by atoms with E-state index >= 15 is 0 Å². The Morgan fingerprint density at radius 1 is 1.13 bits per heavy atom. The number of amides is 3. The first-order valence-electron chi connectivity index (χ1n) is 7.07. The fourth-order valence-corrected chi connectivity index (χ4v) is 1.99. The van der Waals surface area contributed by atoms with E-state index in [1.165, 1.54) is 19.2 Å². The van der Waals surface area contributed by atoms with Gasteiger partial charge in [-0.3, -0.25) is 4.79 Å². The van der Waals surface area contributed by atoms with Gasteiger partial charge in [0.1, 0.15) is 0 Å². The SMILES string of the molecule is CNC(=O)NCC(=O)N[C@@H](c1ccc(C(F)(F)F)cc1)C(C)C. The molecule has 0 radical (unpaired) electrons. The summed E-state index contributed by atoms with van der Waals surface area (Å²) in [7, 11) is 1.42. The Labute approximate surface area is 132 Å². The lowest BCUT2D eigenvalue weighted by Gasteiger charge is -2.23. The molecule has 0 unspecified atom stereocenters. The summed E-state index contributed by atoms with van der Waals surface area (Å²) in [5.41, 5.74) is -0.169. The third-order valence-corrected chi connectivity index (χ3v) is 3.22. The van der Waals surface area contributed by atoms with E-state index in [0.717, 1.165) is 12.1 Å². The monoisotopic (exact) mass is 331 g/mol. The van der Waals surface area contributed by atoms with Crippen LogP contribution in [-0.2, 0) is 11.0 Å². The van der Waals surface area contributed by atoms with Gasteiger partial charge < -0.3 is 16.0 Å². The van der Waals surface area contributed by atoms with E-state index in [-0.39, 0.29) is 12.5 Å². The van der Waals surface area contributed by atoms with Crippen molar-refractivity contribution in [1.29, 1.82) is 0 Å². The van der Waals surface area contributed by atoms with Crippen LogP contribution in [0.5, 0.6) is 0 Å². The van der Waals surface area contributed by atoms with Crippen molar-refractivity contribution in [3.63, 3.8) is 0 Å². The van der Waals surface area contributed by atoms with Crippen molar-refractivity contribution >= 4 is 11.9 Å². The normalized spacial score (nSPS) is 12.7. The summed E-state index contributed by atoms with van der Waals surface area (Å²) in [6.45, 7) is 3.47. The molecule has 0 saturated carbocycles. The van der Waals surface area contributed by atoms with Gasteiger partial charge in [0.25, 0.3) is 0 Å². The molecule has 1 aromatic rings. The van der Waals surface area contributed by atoms with Gasteiger partial charge in [0.15, 0.2) is 0 Å². The van der Waals surface area contributed by atoms with E-state index in [1.807, 2.05) is 13.8 Å². The van der Waals surface area contributed by atoms with Gasteiger partial charge >= 0.3 is 12.2 Å². The Morgan fingerprint density at radius 2 is 1.70 bits per heavy atom. The van der Waals surface area contributed by atoms with E-state index in [4.69, 9.17) is 0 Å². The van der Waals surface area contributed by atoms with E-state index in [0.29, 0.717) is 5.56 Å². The van der Waals surface area contributed by atoms with Gasteiger partial charge in [-0.2, -0.15) is 13.2 Å². The summed E-state index contributed by atoms with van der Waals surface area (Å²) < 4.78 is 37.7. The molecular formula is C15H20F3N3O2. The maximum absolute atomic E-state index is 12.6. The minimum absolute atomic E-state index is 0.0318. The van der Waals surface area contributed by atoms with Crippen LogP contribution in [0.1, 0.15) is 31.0 Å². The van der Waals surface area contributed by atoms with E-state index in [1.54, 1.807) is 0 Å². The highest BCUT2D eigenvalue weighted by Gasteiger charge is 2.30. The van der Waals surface area contributed by atoms with Gasteiger partial charge in [-0.1, -0.05) is 26.0 Å². The Kier molecular flexibility index (Phi) is 6.41. The van der Waals surface area contributed by atoms with Crippen LogP contribution < -0.4 is 16.0 Å². The lowest BCUT2D eigenvalue weighted by atomic mass is 9.95. The molecule has 3 amide bonds. The van der Waals surface area contributed by atoms with Crippen molar-refractivity contribution in [2.75, 3.05) is 13.6 Å². The number of hydrogen-bond donors (Lipinski definition) is 3. The fraction of sp³-hybridized carbons (Fsp3) is 0.467. The van der Waals surface area contributed by atoms with E-state index < -0.39 is 29.7 Å². The summed E-state index contributed by atoms with van der Waals surface area (Å²) in [6, 6.07) is 3.73. The number of rotatable bonds is 5. The topological polar surface area (TPSA) is 70.2 Å². The molecule has 128 valence electrons. The molecule has 0 spiro atoms. The standard InChI is InChI=1S/C15H20F3N3O2/c1-9(2)13(21-12(22)8-20-14(23)19-3)10-4-6-11(7-5-10)15(16,17)18/h4-7,9,13H,8H2,1-3H3,(H,21,22)(H2,19,20,23)/t13-/m1/s1. The summed E-state index contributed by atoms with van der Waals surface area (Å²) >= 11 is 0. The number of benzene rings is 1. The number of carbonyl (C=O) groups is 2. The zero-order valence-corrected chi connectivity index (χ0v) is 13.1. The second kappa shape index (κ2) is 7.85. The molecule has 5 nitrogen and oxygen atoms in total. The molecule has 0 bridgehead atoms. The lowest BCUT2D eigenvalue weighted by molar-refractivity contribution is -0.137. The van der Waals surface area contributed by atoms with Crippen LogP contribution in [0, 0.1) is 5.92 Å². The summed E-state index contributed by atoms with van der Waals surface area (Å²) in [4.78, 5) is 22.9. The minimum Gasteiger partial charge on any atom is -0.348 e. The van der Waals surface area contributed by atoms with Gasteiger partial charge in [0.05, 0.1) is 18.2 Å². The Morgan fingerprint density at radius 3 is 2.13 bits per heavy atom. The molecule has 23 heavy (non-hydrogen) atoms. The van der Waals surface area contributed by atoms with Crippen molar-refractivity contribution in [3.05, 3.63) is 35.4 Å². The van der Waals surface area contributed by atoms with Crippen molar-refractivity contribution in [3.8, 4) is 0 Å². The van der Waals surface area contributed by atoms with Gasteiger partial charge in [-0.15, -0.1) is 0 Å². The predicted molar refractivity (Wildman–Crippen MR) is 79.6 cm³/mol. The molecule has 0 aliphatic heterocycles. The lowest BCUT2D eigenvalue weighted by Crippen LogP contribution is -2.42. The molecular weight excluding hydrogens is 311 g/mol. The zero-order chi connectivity index (χ0) is 17.6. The second-order valence-corrected chi connectivity index (χ2v) is 5.34. The number of halogens is 3. The maximum Gasteiger partial charge on any atom is 0.416 e. The summed E-state index contributed by atoms with van der Waals surface area (Å²) in [5, 5.41) is 7.37. The van der Waals surface area contributed by atoms with Crippen molar-refractivity contribution in [2.24, 2.45) is 5.92 Å². The quantitative estimate of drug-likeness (QED) is 0.776. The van der Waals surface area contributed by atoms with E-state index in [2.05, 4.69) is 16.0 Å². The first-order valence-corrected chi connectivity index (χ1v) is 7.07. The average Bonchev–Trinajstić information content (AvgIpc) is 2.49. The molecule has 8 heteroatoms. The average molecular weight is 331 g/mol. The van der Waals surface area contributed by atoms with Gasteiger partial charge in [-0.05, 0) is 23.6 Å². The van der Waals surface area contributed by atoms with Gasteiger partial charge in [0.2, 0.25) is 5.91 Å². The number of urea groups is 1.